The Kier molecular flexibility index (Phi) is 4.74. The molecule has 0 aliphatic heterocycles. The van der Waals surface area contributed by atoms with Crippen LogP contribution in [0.3, 0.4) is 0 Å². The zero-order valence-corrected chi connectivity index (χ0v) is 11.5. The van der Waals surface area contributed by atoms with E-state index in [2.05, 4.69) is 5.32 Å². The lowest BCUT2D eigenvalue weighted by molar-refractivity contribution is -0.385. The number of hydrogen-bond acceptors (Lipinski definition) is 4. The van der Waals surface area contributed by atoms with Gasteiger partial charge in [-0.25, -0.2) is 0 Å². The fraction of sp³-hybridized carbons (Fsp3) is 0.286. The van der Waals surface area contributed by atoms with Crippen molar-refractivity contribution in [3.05, 3.63) is 46.0 Å². The number of benzene rings is 1. The van der Waals surface area contributed by atoms with Crippen LogP contribution in [-0.4, -0.2) is 22.2 Å². The summed E-state index contributed by atoms with van der Waals surface area (Å²) in [5, 5.41) is 13.3. The quantitative estimate of drug-likeness (QED) is 0.394. The van der Waals surface area contributed by atoms with E-state index in [1.807, 2.05) is 0 Å². The van der Waals surface area contributed by atoms with Crippen LogP contribution < -0.4 is 5.32 Å². The van der Waals surface area contributed by atoms with Gasteiger partial charge >= 0.3 is 0 Å². The maximum atomic E-state index is 11.6. The second-order valence-corrected chi connectivity index (χ2v) is 5.22. The smallest absolute Gasteiger partial charge is 0.292 e. The molecule has 0 heterocycles. The van der Waals surface area contributed by atoms with Gasteiger partial charge in [0.1, 0.15) is 0 Å². The Bertz CT molecular complexity index is 571. The Hall–Kier alpha value is -2.50. The van der Waals surface area contributed by atoms with Crippen LogP contribution >= 0.6 is 0 Å². The predicted molar refractivity (Wildman–Crippen MR) is 75.0 cm³/mol. The fourth-order valence-corrected chi connectivity index (χ4v) is 1.44. The van der Waals surface area contributed by atoms with Crippen LogP contribution in [0.4, 0.5) is 5.69 Å². The third-order valence-corrected chi connectivity index (χ3v) is 2.26. The molecule has 0 fully saturated rings. The van der Waals surface area contributed by atoms with Gasteiger partial charge < -0.3 is 5.32 Å². The van der Waals surface area contributed by atoms with Crippen molar-refractivity contribution in [2.45, 2.75) is 26.3 Å². The minimum Gasteiger partial charge on any atom is -0.345 e. The van der Waals surface area contributed by atoms with Gasteiger partial charge in [-0.05, 0) is 39.0 Å². The standard InChI is InChI=1S/C14H16N2O4/c1-14(2,3)15-13(18)12(17)9-8-10-6-4-5-7-11(10)16(19)20/h4-9H,1-3H3,(H,15,18)/b9-8+. The second kappa shape index (κ2) is 6.10. The molecule has 6 heteroatoms. The zero-order chi connectivity index (χ0) is 15.3. The Balaban J connectivity index is 2.86. The predicted octanol–water partition coefficient (Wildman–Crippen LogP) is 2.09. The van der Waals surface area contributed by atoms with Gasteiger partial charge in [0.15, 0.2) is 0 Å². The summed E-state index contributed by atoms with van der Waals surface area (Å²) < 4.78 is 0. The first-order valence-corrected chi connectivity index (χ1v) is 5.99. The van der Waals surface area contributed by atoms with Gasteiger partial charge in [0.05, 0.1) is 10.5 Å². The maximum absolute atomic E-state index is 11.6. The normalized spacial score (nSPS) is 11.3. The molecule has 0 radical (unpaired) electrons. The third-order valence-electron chi connectivity index (χ3n) is 2.26. The van der Waals surface area contributed by atoms with Gasteiger partial charge in [-0.1, -0.05) is 12.1 Å². The van der Waals surface area contributed by atoms with Crippen LogP contribution in [0.1, 0.15) is 26.3 Å². The van der Waals surface area contributed by atoms with Gasteiger partial charge in [0, 0.05) is 11.6 Å². The van der Waals surface area contributed by atoms with Gasteiger partial charge in [-0.3, -0.25) is 19.7 Å². The summed E-state index contributed by atoms with van der Waals surface area (Å²) >= 11 is 0. The van der Waals surface area contributed by atoms with Gasteiger partial charge in [0.2, 0.25) is 5.78 Å². The molecule has 1 aromatic carbocycles. The van der Waals surface area contributed by atoms with E-state index in [0.29, 0.717) is 0 Å². The highest BCUT2D eigenvalue weighted by Gasteiger charge is 2.18. The zero-order valence-electron chi connectivity index (χ0n) is 11.5. The maximum Gasteiger partial charge on any atom is 0.292 e. The summed E-state index contributed by atoms with van der Waals surface area (Å²) in [6, 6.07) is 5.99. The Morgan fingerprint density at radius 2 is 1.85 bits per heavy atom. The van der Waals surface area contributed by atoms with Crippen LogP contribution in [0.2, 0.25) is 0 Å². The summed E-state index contributed by atoms with van der Waals surface area (Å²) in [5.74, 6) is -1.49. The lowest BCUT2D eigenvalue weighted by atomic mass is 10.1. The molecule has 106 valence electrons. The molecular weight excluding hydrogens is 260 g/mol. The minimum atomic E-state index is -0.752. The van der Waals surface area contributed by atoms with Crippen LogP contribution in [0, 0.1) is 10.1 Å². The van der Waals surface area contributed by atoms with E-state index in [0.717, 1.165) is 6.08 Å². The molecule has 0 saturated heterocycles. The first kappa shape index (κ1) is 15.6. The van der Waals surface area contributed by atoms with Crippen molar-refractivity contribution in [2.75, 3.05) is 0 Å². The van der Waals surface area contributed by atoms with Crippen LogP contribution in [0.25, 0.3) is 6.08 Å². The molecule has 1 amide bonds. The minimum absolute atomic E-state index is 0.118. The largest absolute Gasteiger partial charge is 0.345 e. The number of nitrogens with one attached hydrogen (secondary N) is 1. The van der Waals surface area contributed by atoms with Crippen LogP contribution in [-0.2, 0) is 9.59 Å². The number of carbonyl (C=O) groups excluding carboxylic acids is 2. The van der Waals surface area contributed by atoms with E-state index in [9.17, 15) is 19.7 Å². The molecule has 0 saturated carbocycles. The molecule has 1 rings (SSSR count). The molecule has 0 bridgehead atoms. The van der Waals surface area contributed by atoms with Crippen LogP contribution in [0.5, 0.6) is 0 Å². The summed E-state index contributed by atoms with van der Waals surface area (Å²) in [7, 11) is 0. The van der Waals surface area contributed by atoms with E-state index in [4.69, 9.17) is 0 Å². The first-order valence-electron chi connectivity index (χ1n) is 5.99. The number of amides is 1. The number of nitro benzene ring substituents is 1. The molecule has 20 heavy (non-hydrogen) atoms. The number of nitro groups is 1. The fourth-order valence-electron chi connectivity index (χ4n) is 1.44. The number of ketones is 1. The first-order chi connectivity index (χ1) is 9.20. The third kappa shape index (κ3) is 4.64. The van der Waals surface area contributed by atoms with E-state index in [1.165, 1.54) is 24.3 Å². The van der Waals surface area contributed by atoms with Crippen LogP contribution in [0.15, 0.2) is 30.3 Å². The molecule has 6 nitrogen and oxygen atoms in total. The average Bonchev–Trinajstić information content (AvgIpc) is 2.34. The van der Waals surface area contributed by atoms with E-state index in [1.54, 1.807) is 26.8 Å². The topological polar surface area (TPSA) is 89.3 Å². The summed E-state index contributed by atoms with van der Waals surface area (Å²) in [6.07, 6.45) is 2.30. The van der Waals surface area contributed by atoms with Gasteiger partial charge in [0.25, 0.3) is 11.6 Å². The Labute approximate surface area is 116 Å². The van der Waals surface area contributed by atoms with Gasteiger partial charge in [-0.15, -0.1) is 0 Å². The van der Waals surface area contributed by atoms with Crippen molar-refractivity contribution in [3.8, 4) is 0 Å². The van der Waals surface area contributed by atoms with E-state index < -0.39 is 22.2 Å². The van der Waals surface area contributed by atoms with E-state index >= 15 is 0 Å². The lowest BCUT2D eigenvalue weighted by Crippen LogP contribution is -2.43. The van der Waals surface area contributed by atoms with Crippen molar-refractivity contribution in [1.29, 1.82) is 0 Å². The van der Waals surface area contributed by atoms with E-state index in [-0.39, 0.29) is 11.3 Å². The number of hydrogen-bond donors (Lipinski definition) is 1. The Morgan fingerprint density at radius 1 is 1.25 bits per heavy atom. The van der Waals surface area contributed by atoms with Gasteiger partial charge in [-0.2, -0.15) is 0 Å². The monoisotopic (exact) mass is 276 g/mol. The number of para-hydroxylation sites is 1. The molecule has 0 aromatic heterocycles. The van der Waals surface area contributed by atoms with Crippen molar-refractivity contribution in [3.63, 3.8) is 0 Å². The molecule has 1 aromatic rings. The highest BCUT2D eigenvalue weighted by atomic mass is 16.6. The molecule has 0 aliphatic rings. The van der Waals surface area contributed by atoms with Crippen molar-refractivity contribution < 1.29 is 14.5 Å². The average molecular weight is 276 g/mol. The summed E-state index contributed by atoms with van der Waals surface area (Å²) in [4.78, 5) is 33.4. The highest BCUT2D eigenvalue weighted by molar-refractivity contribution is 6.41. The summed E-state index contributed by atoms with van der Waals surface area (Å²) in [6.45, 7) is 5.26. The molecule has 1 N–H and O–H groups in total. The molecular formula is C14H16N2O4. The number of rotatable bonds is 4. The second-order valence-electron chi connectivity index (χ2n) is 5.22. The lowest BCUT2D eigenvalue weighted by Gasteiger charge is -2.19. The van der Waals surface area contributed by atoms with Crippen molar-refractivity contribution in [1.82, 2.24) is 5.32 Å². The molecule has 0 unspecified atom stereocenters. The molecule has 0 aliphatic carbocycles. The SMILES string of the molecule is CC(C)(C)NC(=O)C(=O)/C=C/c1ccccc1[N+](=O)[O-]. The van der Waals surface area contributed by atoms with Crippen molar-refractivity contribution >= 4 is 23.5 Å². The molecule has 0 spiro atoms. The number of carbonyl (C=O) groups is 2. The summed E-state index contributed by atoms with van der Waals surface area (Å²) in [5.41, 5.74) is -0.360. The Morgan fingerprint density at radius 3 is 2.40 bits per heavy atom. The highest BCUT2D eigenvalue weighted by Crippen LogP contribution is 2.18. The van der Waals surface area contributed by atoms with Crippen molar-refractivity contribution in [2.24, 2.45) is 0 Å². The number of nitrogens with zero attached hydrogens (tertiary/aromatic N) is 1. The molecule has 0 atom stereocenters.